The second-order valence-corrected chi connectivity index (χ2v) is 7.45. The normalized spacial score (nSPS) is 36.8. The van der Waals surface area contributed by atoms with Gasteiger partial charge in [-0.2, -0.15) is 0 Å². The van der Waals surface area contributed by atoms with Crippen LogP contribution in [0.4, 0.5) is 0 Å². The van der Waals surface area contributed by atoms with Crippen molar-refractivity contribution >= 4 is 15.7 Å². The van der Waals surface area contributed by atoms with E-state index in [1.165, 1.54) is 0 Å². The van der Waals surface area contributed by atoms with Gasteiger partial charge in [0.25, 0.3) is 0 Å². The Balaban J connectivity index is 1.77. The van der Waals surface area contributed by atoms with Crippen molar-refractivity contribution in [3.8, 4) is 0 Å². The molecule has 3 N–H and O–H groups in total. The molecule has 2 fully saturated rings. The summed E-state index contributed by atoms with van der Waals surface area (Å²) in [7, 11) is -2.81. The van der Waals surface area contributed by atoms with Crippen LogP contribution in [0.1, 0.15) is 32.1 Å². The molecular weight excluding hydrogens is 240 g/mol. The number of nitrogens with two attached hydrogens (primary N) is 1. The van der Waals surface area contributed by atoms with Gasteiger partial charge in [0.05, 0.1) is 11.5 Å². The minimum absolute atomic E-state index is 0.0142. The van der Waals surface area contributed by atoms with Crippen LogP contribution in [0.15, 0.2) is 0 Å². The first kappa shape index (κ1) is 12.8. The number of primary amides is 1. The van der Waals surface area contributed by atoms with Crippen molar-refractivity contribution < 1.29 is 13.2 Å². The Morgan fingerprint density at radius 2 is 1.71 bits per heavy atom. The lowest BCUT2D eigenvalue weighted by Crippen LogP contribution is -2.42. The molecule has 0 radical (unpaired) electrons. The molecule has 2 rings (SSSR count). The molecule has 1 saturated carbocycles. The molecule has 0 aromatic carbocycles. The fourth-order valence-electron chi connectivity index (χ4n) is 2.80. The number of nitrogens with one attached hydrogen (secondary N) is 1. The maximum absolute atomic E-state index is 11.3. The highest BCUT2D eigenvalue weighted by Crippen LogP contribution is 2.25. The van der Waals surface area contributed by atoms with Gasteiger partial charge in [0.2, 0.25) is 5.91 Å². The maximum Gasteiger partial charge on any atom is 0.220 e. The van der Waals surface area contributed by atoms with Gasteiger partial charge in [-0.3, -0.25) is 4.79 Å². The monoisotopic (exact) mass is 260 g/mol. The molecule has 1 aliphatic heterocycles. The first-order valence-electron chi connectivity index (χ1n) is 6.22. The van der Waals surface area contributed by atoms with Crippen LogP contribution in [-0.4, -0.2) is 37.9 Å². The Bertz CT molecular complexity index is 386. The van der Waals surface area contributed by atoms with E-state index in [1.807, 2.05) is 0 Å². The molecule has 0 aromatic heterocycles. The highest BCUT2D eigenvalue weighted by molar-refractivity contribution is 7.91. The molecule has 1 unspecified atom stereocenters. The largest absolute Gasteiger partial charge is 0.369 e. The fraction of sp³-hybridized carbons (Fsp3) is 0.909. The molecular formula is C11H20N2O3S. The van der Waals surface area contributed by atoms with E-state index in [-0.39, 0.29) is 23.6 Å². The topological polar surface area (TPSA) is 89.3 Å². The summed E-state index contributed by atoms with van der Waals surface area (Å²) in [6.45, 7) is 0. The van der Waals surface area contributed by atoms with Crippen molar-refractivity contribution in [2.24, 2.45) is 11.7 Å². The lowest BCUT2D eigenvalue weighted by atomic mass is 9.85. The van der Waals surface area contributed by atoms with Gasteiger partial charge in [-0.1, -0.05) is 0 Å². The Morgan fingerprint density at radius 3 is 2.18 bits per heavy atom. The third-order valence-electron chi connectivity index (χ3n) is 3.83. The van der Waals surface area contributed by atoms with Gasteiger partial charge in [0.15, 0.2) is 9.84 Å². The number of amides is 1. The summed E-state index contributed by atoms with van der Waals surface area (Å²) in [5.41, 5.74) is 5.27. The number of carbonyl (C=O) groups is 1. The molecule has 1 aliphatic carbocycles. The minimum Gasteiger partial charge on any atom is -0.369 e. The average molecular weight is 260 g/mol. The lowest BCUT2D eigenvalue weighted by molar-refractivity contribution is -0.122. The van der Waals surface area contributed by atoms with Crippen molar-refractivity contribution in [1.29, 1.82) is 0 Å². The second-order valence-electron chi connectivity index (χ2n) is 5.22. The summed E-state index contributed by atoms with van der Waals surface area (Å²) in [5.74, 6) is 0.386. The molecule has 2 aliphatic rings. The van der Waals surface area contributed by atoms with E-state index in [0.717, 1.165) is 32.1 Å². The standard InChI is InChI=1S/C11H20N2O3S/c12-11(14)8-1-3-9(4-2-8)13-10-5-6-17(15,16)7-10/h8-10,13H,1-7H2,(H2,12,14). The molecule has 1 saturated heterocycles. The Morgan fingerprint density at radius 1 is 1.06 bits per heavy atom. The lowest BCUT2D eigenvalue weighted by Gasteiger charge is -2.29. The number of rotatable bonds is 3. The van der Waals surface area contributed by atoms with Crippen molar-refractivity contribution in [3.63, 3.8) is 0 Å². The number of sulfone groups is 1. The SMILES string of the molecule is NC(=O)C1CCC(NC2CCS(=O)(=O)C2)CC1. The predicted octanol–water partition coefficient (Wildman–Crippen LogP) is -0.193. The summed E-state index contributed by atoms with van der Waals surface area (Å²) in [5, 5.41) is 3.40. The second kappa shape index (κ2) is 4.94. The van der Waals surface area contributed by atoms with Crippen LogP contribution in [0.2, 0.25) is 0 Å². The van der Waals surface area contributed by atoms with Gasteiger partial charge in [-0.15, -0.1) is 0 Å². The summed E-state index contributed by atoms with van der Waals surface area (Å²) < 4.78 is 22.6. The highest BCUT2D eigenvalue weighted by Gasteiger charge is 2.31. The van der Waals surface area contributed by atoms with Crippen molar-refractivity contribution in [1.82, 2.24) is 5.32 Å². The van der Waals surface area contributed by atoms with Crippen LogP contribution in [0, 0.1) is 5.92 Å². The van der Waals surface area contributed by atoms with Crippen LogP contribution in [-0.2, 0) is 14.6 Å². The van der Waals surface area contributed by atoms with Crippen LogP contribution in [0.25, 0.3) is 0 Å². The van der Waals surface area contributed by atoms with E-state index in [4.69, 9.17) is 5.73 Å². The summed E-state index contributed by atoms with van der Waals surface area (Å²) >= 11 is 0. The molecule has 98 valence electrons. The van der Waals surface area contributed by atoms with E-state index in [2.05, 4.69) is 5.32 Å². The number of hydrogen-bond acceptors (Lipinski definition) is 4. The first-order chi connectivity index (χ1) is 7.96. The molecule has 0 bridgehead atoms. The molecule has 1 heterocycles. The minimum atomic E-state index is -2.81. The fourth-order valence-corrected chi connectivity index (χ4v) is 4.49. The third kappa shape index (κ3) is 3.42. The highest BCUT2D eigenvalue weighted by atomic mass is 32.2. The van der Waals surface area contributed by atoms with Gasteiger partial charge < -0.3 is 11.1 Å². The summed E-state index contributed by atoms with van der Waals surface area (Å²) in [4.78, 5) is 11.0. The Labute approximate surface area is 102 Å². The van der Waals surface area contributed by atoms with Crippen LogP contribution in [0.5, 0.6) is 0 Å². The Hall–Kier alpha value is -0.620. The molecule has 0 aromatic rings. The zero-order valence-electron chi connectivity index (χ0n) is 9.89. The van der Waals surface area contributed by atoms with E-state index < -0.39 is 9.84 Å². The first-order valence-corrected chi connectivity index (χ1v) is 8.04. The molecule has 6 heteroatoms. The van der Waals surface area contributed by atoms with Crippen LogP contribution >= 0.6 is 0 Å². The zero-order chi connectivity index (χ0) is 12.5. The summed E-state index contributed by atoms with van der Waals surface area (Å²) in [6.07, 6.45) is 4.21. The van der Waals surface area contributed by atoms with E-state index in [9.17, 15) is 13.2 Å². The number of hydrogen-bond donors (Lipinski definition) is 2. The predicted molar refractivity (Wildman–Crippen MR) is 65.1 cm³/mol. The van der Waals surface area contributed by atoms with Gasteiger partial charge >= 0.3 is 0 Å². The van der Waals surface area contributed by atoms with Crippen LogP contribution < -0.4 is 11.1 Å². The third-order valence-corrected chi connectivity index (χ3v) is 5.60. The quantitative estimate of drug-likeness (QED) is 0.736. The molecule has 1 amide bonds. The molecule has 1 atom stereocenters. The molecule has 5 nitrogen and oxygen atoms in total. The maximum atomic E-state index is 11.3. The van der Waals surface area contributed by atoms with Crippen molar-refractivity contribution in [3.05, 3.63) is 0 Å². The smallest absolute Gasteiger partial charge is 0.220 e. The zero-order valence-corrected chi connectivity index (χ0v) is 10.7. The van der Waals surface area contributed by atoms with E-state index in [1.54, 1.807) is 0 Å². The van der Waals surface area contributed by atoms with Crippen molar-refractivity contribution in [2.45, 2.75) is 44.2 Å². The van der Waals surface area contributed by atoms with Crippen molar-refractivity contribution in [2.75, 3.05) is 11.5 Å². The average Bonchev–Trinajstić information content (AvgIpc) is 2.59. The van der Waals surface area contributed by atoms with E-state index in [0.29, 0.717) is 11.8 Å². The Kier molecular flexibility index (Phi) is 3.73. The summed E-state index contributed by atoms with van der Waals surface area (Å²) in [6, 6.07) is 0.457. The molecule has 17 heavy (non-hydrogen) atoms. The van der Waals surface area contributed by atoms with Gasteiger partial charge in [-0.25, -0.2) is 8.42 Å². The molecule has 0 spiro atoms. The van der Waals surface area contributed by atoms with Gasteiger partial charge in [-0.05, 0) is 32.1 Å². The van der Waals surface area contributed by atoms with E-state index >= 15 is 0 Å². The number of carbonyl (C=O) groups excluding carboxylic acids is 1. The van der Waals surface area contributed by atoms with Crippen LogP contribution in [0.3, 0.4) is 0 Å². The van der Waals surface area contributed by atoms with Gasteiger partial charge in [0, 0.05) is 18.0 Å². The van der Waals surface area contributed by atoms with Gasteiger partial charge in [0.1, 0.15) is 0 Å².